The predicted molar refractivity (Wildman–Crippen MR) is 107 cm³/mol. The van der Waals surface area contributed by atoms with Crippen molar-refractivity contribution in [3.05, 3.63) is 41.7 Å². The molecule has 1 aromatic carbocycles. The lowest BCUT2D eigenvalue weighted by Gasteiger charge is -2.33. The van der Waals surface area contributed by atoms with Crippen LogP contribution >= 0.6 is 36.6 Å². The van der Waals surface area contributed by atoms with Crippen molar-refractivity contribution in [2.75, 3.05) is 6.54 Å². The van der Waals surface area contributed by atoms with Crippen molar-refractivity contribution in [3.63, 3.8) is 0 Å². The summed E-state index contributed by atoms with van der Waals surface area (Å²) in [5.74, 6) is 0.930. The van der Waals surface area contributed by atoms with E-state index >= 15 is 0 Å². The summed E-state index contributed by atoms with van der Waals surface area (Å²) in [6.07, 6.45) is 1.49. The van der Waals surface area contributed by atoms with Gasteiger partial charge < -0.3 is 11.1 Å². The summed E-state index contributed by atoms with van der Waals surface area (Å²) in [6, 6.07) is 7.58. The van der Waals surface area contributed by atoms with Crippen LogP contribution in [-0.4, -0.2) is 33.2 Å². The highest BCUT2D eigenvalue weighted by Crippen LogP contribution is 2.19. The van der Waals surface area contributed by atoms with E-state index in [9.17, 15) is 4.79 Å². The summed E-state index contributed by atoms with van der Waals surface area (Å²) < 4.78 is 0. The number of aromatic nitrogens is 3. The number of nitrogens with one attached hydrogen (secondary N) is 2. The molecule has 0 aliphatic rings. The van der Waals surface area contributed by atoms with Crippen LogP contribution < -0.4 is 11.1 Å². The molecule has 0 bridgehead atoms. The lowest BCUT2D eigenvalue weighted by Crippen LogP contribution is -2.55. The average Bonchev–Trinajstić information content (AvgIpc) is 3.06. The minimum Gasteiger partial charge on any atom is -0.345 e. The molecule has 140 valence electrons. The molecule has 0 spiro atoms. The van der Waals surface area contributed by atoms with Crippen LogP contribution in [0.5, 0.6) is 0 Å². The molecule has 6 nitrogen and oxygen atoms in total. The number of carbonyl (C=O) groups is 1. The van der Waals surface area contributed by atoms with Crippen LogP contribution in [0.3, 0.4) is 0 Å². The highest BCUT2D eigenvalue weighted by molar-refractivity contribution is 7.98. The average molecular weight is 406 g/mol. The third-order valence-electron chi connectivity index (χ3n) is 4.08. The number of H-pyrrole nitrogens is 1. The van der Waals surface area contributed by atoms with Crippen molar-refractivity contribution >= 4 is 42.5 Å². The molecule has 1 atom stereocenters. The first-order valence-corrected chi connectivity index (χ1v) is 8.53. The van der Waals surface area contributed by atoms with E-state index in [2.05, 4.69) is 34.3 Å². The molecule has 1 heterocycles. The Hall–Kier alpha value is -1.28. The van der Waals surface area contributed by atoms with E-state index in [1.54, 1.807) is 11.8 Å². The maximum absolute atomic E-state index is 12.4. The van der Waals surface area contributed by atoms with E-state index < -0.39 is 5.54 Å². The summed E-state index contributed by atoms with van der Waals surface area (Å²) in [5.41, 5.74) is 7.16. The molecule has 2 aromatic rings. The van der Waals surface area contributed by atoms with Crippen LogP contribution in [0.2, 0.25) is 0 Å². The quantitative estimate of drug-likeness (QED) is 0.614. The van der Waals surface area contributed by atoms with Crippen LogP contribution in [0.4, 0.5) is 0 Å². The Labute approximate surface area is 165 Å². The monoisotopic (exact) mass is 405 g/mol. The van der Waals surface area contributed by atoms with Gasteiger partial charge in [0.25, 0.3) is 5.91 Å². The van der Waals surface area contributed by atoms with Crippen molar-refractivity contribution in [1.29, 1.82) is 0 Å². The number of carbonyl (C=O) groups excluding carboxylic acids is 1. The standard InChI is InChI=1S/C16H23N5OS.2ClH/c1-11(2)16(3,9-17)20-14(22)13-6-4-12(5-7-13)8-23-15-18-10-19-21-15;;/h4-7,10-11H,8-9,17H2,1-3H3,(H,20,22)(H,18,19,21);2*1H. The maximum atomic E-state index is 12.4. The smallest absolute Gasteiger partial charge is 0.251 e. The van der Waals surface area contributed by atoms with E-state index in [0.717, 1.165) is 16.5 Å². The Bertz CT molecular complexity index is 636. The van der Waals surface area contributed by atoms with Crippen LogP contribution in [0.15, 0.2) is 35.7 Å². The van der Waals surface area contributed by atoms with Gasteiger partial charge in [-0.15, -0.1) is 24.8 Å². The second-order valence-corrected chi connectivity index (χ2v) is 6.97. The number of halogens is 2. The molecule has 0 aliphatic carbocycles. The van der Waals surface area contributed by atoms with Gasteiger partial charge in [0, 0.05) is 17.9 Å². The molecule has 0 saturated heterocycles. The van der Waals surface area contributed by atoms with Gasteiger partial charge in [-0.2, -0.15) is 5.10 Å². The highest BCUT2D eigenvalue weighted by atomic mass is 35.5. The van der Waals surface area contributed by atoms with E-state index in [1.165, 1.54) is 6.33 Å². The van der Waals surface area contributed by atoms with Gasteiger partial charge in [-0.1, -0.05) is 37.7 Å². The zero-order valence-corrected chi connectivity index (χ0v) is 16.9. The number of rotatable bonds is 7. The molecule has 1 unspecified atom stereocenters. The van der Waals surface area contributed by atoms with Crippen molar-refractivity contribution in [2.45, 2.75) is 37.2 Å². The number of nitrogens with two attached hydrogens (primary N) is 1. The van der Waals surface area contributed by atoms with Crippen molar-refractivity contribution in [1.82, 2.24) is 20.5 Å². The minimum atomic E-state index is -0.405. The zero-order chi connectivity index (χ0) is 16.9. The molecular formula is C16H25Cl2N5OS. The summed E-state index contributed by atoms with van der Waals surface area (Å²) in [6.45, 7) is 6.48. The molecule has 25 heavy (non-hydrogen) atoms. The fraction of sp³-hybridized carbons (Fsp3) is 0.438. The molecular weight excluding hydrogens is 381 g/mol. The maximum Gasteiger partial charge on any atom is 0.251 e. The molecule has 2 rings (SSSR count). The SMILES string of the molecule is CC(C)C(C)(CN)NC(=O)c1ccc(CSc2ncn[nH]2)cc1.Cl.Cl. The number of hydrogen-bond acceptors (Lipinski definition) is 5. The molecule has 0 saturated carbocycles. The van der Waals surface area contributed by atoms with Crippen molar-refractivity contribution in [2.24, 2.45) is 11.7 Å². The van der Waals surface area contributed by atoms with Gasteiger partial charge >= 0.3 is 0 Å². The number of amides is 1. The van der Waals surface area contributed by atoms with E-state index in [4.69, 9.17) is 5.73 Å². The van der Waals surface area contributed by atoms with Crippen molar-refractivity contribution < 1.29 is 4.79 Å². The van der Waals surface area contributed by atoms with Crippen molar-refractivity contribution in [3.8, 4) is 0 Å². The van der Waals surface area contributed by atoms with Crippen LogP contribution in [-0.2, 0) is 5.75 Å². The zero-order valence-electron chi connectivity index (χ0n) is 14.5. The number of benzene rings is 1. The van der Waals surface area contributed by atoms with Crippen LogP contribution in [0.25, 0.3) is 0 Å². The fourth-order valence-corrected chi connectivity index (χ4v) is 2.67. The first-order chi connectivity index (χ1) is 10.9. The Morgan fingerprint density at radius 1 is 1.32 bits per heavy atom. The lowest BCUT2D eigenvalue weighted by molar-refractivity contribution is 0.0883. The largest absolute Gasteiger partial charge is 0.345 e. The summed E-state index contributed by atoms with van der Waals surface area (Å²) in [5, 5.41) is 10.4. The Morgan fingerprint density at radius 2 is 1.96 bits per heavy atom. The topological polar surface area (TPSA) is 96.7 Å². The fourth-order valence-electron chi connectivity index (χ4n) is 1.93. The molecule has 0 fully saturated rings. The van der Waals surface area contributed by atoms with E-state index in [1.807, 2.05) is 31.2 Å². The number of nitrogens with zero attached hydrogens (tertiary/aromatic N) is 2. The number of aromatic amines is 1. The third-order valence-corrected chi connectivity index (χ3v) is 5.03. The van der Waals surface area contributed by atoms with Crippen LogP contribution in [0.1, 0.15) is 36.7 Å². The second kappa shape index (κ2) is 10.7. The molecule has 1 aromatic heterocycles. The van der Waals surface area contributed by atoms with Gasteiger partial charge in [0.05, 0.1) is 5.54 Å². The van der Waals surface area contributed by atoms with Gasteiger partial charge in [-0.25, -0.2) is 4.98 Å². The Balaban J connectivity index is 0.00000288. The number of thioether (sulfide) groups is 1. The second-order valence-electron chi connectivity index (χ2n) is 6.01. The highest BCUT2D eigenvalue weighted by Gasteiger charge is 2.28. The Kier molecular flexibility index (Phi) is 10.1. The summed E-state index contributed by atoms with van der Waals surface area (Å²) in [7, 11) is 0. The molecule has 4 N–H and O–H groups in total. The minimum absolute atomic E-state index is 0. The summed E-state index contributed by atoms with van der Waals surface area (Å²) >= 11 is 1.57. The van der Waals surface area contributed by atoms with Gasteiger partial charge in [0.1, 0.15) is 6.33 Å². The van der Waals surface area contributed by atoms with E-state index in [0.29, 0.717) is 12.1 Å². The summed E-state index contributed by atoms with van der Waals surface area (Å²) in [4.78, 5) is 16.4. The number of hydrogen-bond donors (Lipinski definition) is 3. The van der Waals surface area contributed by atoms with Gasteiger partial charge in [-0.3, -0.25) is 9.89 Å². The molecule has 9 heteroatoms. The molecule has 0 aliphatic heterocycles. The first kappa shape index (κ1) is 23.7. The molecule has 1 amide bonds. The Morgan fingerprint density at radius 3 is 2.44 bits per heavy atom. The first-order valence-electron chi connectivity index (χ1n) is 7.54. The van der Waals surface area contributed by atoms with Gasteiger partial charge in [0.15, 0.2) is 5.16 Å². The van der Waals surface area contributed by atoms with Gasteiger partial charge in [-0.05, 0) is 30.5 Å². The van der Waals surface area contributed by atoms with E-state index in [-0.39, 0.29) is 36.6 Å². The van der Waals surface area contributed by atoms with Gasteiger partial charge in [0.2, 0.25) is 0 Å². The molecule has 0 radical (unpaired) electrons. The van der Waals surface area contributed by atoms with Crippen LogP contribution in [0, 0.1) is 5.92 Å². The lowest BCUT2D eigenvalue weighted by atomic mass is 9.88. The normalized spacial score (nSPS) is 12.7. The third kappa shape index (κ3) is 6.51. The predicted octanol–water partition coefficient (Wildman–Crippen LogP) is 3.04.